The number of hydrogen-bond donors (Lipinski definition) is 8. The van der Waals surface area contributed by atoms with Gasteiger partial charge < -0.3 is 53.1 Å². The molecule has 6 rings (SSSR count). The van der Waals surface area contributed by atoms with Crippen molar-refractivity contribution in [1.82, 2.24) is 49.6 Å². The first-order valence-electron chi connectivity index (χ1n) is 26.3. The lowest BCUT2D eigenvalue weighted by molar-refractivity contribution is -0.193. The van der Waals surface area contributed by atoms with E-state index in [2.05, 4.69) is 59.3 Å². The van der Waals surface area contributed by atoms with Crippen LogP contribution >= 0.6 is 30.8 Å². The van der Waals surface area contributed by atoms with Crippen LogP contribution in [0, 0.1) is 6.92 Å². The topological polar surface area (TPSA) is 458 Å². The Morgan fingerprint density at radius 1 is 0.742 bits per heavy atom. The average molecular weight is 1500 g/mol. The van der Waals surface area contributed by atoms with E-state index in [-0.39, 0.29) is 73.7 Å². The number of aromatic nitrogens is 6. The van der Waals surface area contributed by atoms with Gasteiger partial charge in [0.2, 0.25) is 23.7 Å². The van der Waals surface area contributed by atoms with E-state index >= 15 is 0 Å². The Labute approximate surface area is 561 Å². The summed E-state index contributed by atoms with van der Waals surface area (Å²) in [5.74, 6) is -4.27. The molecule has 1 unspecified atom stereocenters. The van der Waals surface area contributed by atoms with Crippen LogP contribution in [0.4, 0.5) is 47.8 Å². The highest BCUT2D eigenvalue weighted by Crippen LogP contribution is 2.37. The number of methoxy groups -OCH3 is 3. The van der Waals surface area contributed by atoms with Crippen molar-refractivity contribution >= 4 is 110 Å². The van der Waals surface area contributed by atoms with Gasteiger partial charge in [-0.2, -0.15) is 59.7 Å². The number of ether oxygens (including phenoxy) is 5. The molecule has 532 valence electrons. The summed E-state index contributed by atoms with van der Waals surface area (Å²) in [6, 6.07) is 13.0. The number of urea groups is 2. The smallest absolute Gasteiger partial charge is 0.416 e. The monoisotopic (exact) mass is 1500 g/mol. The van der Waals surface area contributed by atoms with Crippen molar-refractivity contribution in [3.8, 4) is 29.3 Å². The van der Waals surface area contributed by atoms with E-state index in [0.29, 0.717) is 17.0 Å². The van der Waals surface area contributed by atoms with Gasteiger partial charge in [-0.15, -0.1) is 0 Å². The minimum absolute atomic E-state index is 0.0246. The number of amides is 5. The van der Waals surface area contributed by atoms with Crippen molar-refractivity contribution in [2.75, 3.05) is 77.7 Å². The lowest BCUT2D eigenvalue weighted by Gasteiger charge is -2.14. The zero-order chi connectivity index (χ0) is 74.0. The van der Waals surface area contributed by atoms with Gasteiger partial charge in [-0.3, -0.25) is 25.5 Å². The lowest BCUT2D eigenvalue weighted by atomic mass is 10.1. The molecule has 5 amide bonds. The second-order valence-corrected chi connectivity index (χ2v) is 27.1. The van der Waals surface area contributed by atoms with Gasteiger partial charge in [-0.1, -0.05) is 41.4 Å². The minimum atomic E-state index is -4.56. The second kappa shape index (κ2) is 38.1. The van der Waals surface area contributed by atoms with Gasteiger partial charge in [0.05, 0.1) is 90.6 Å². The molecular formula is C53H61Cl2F6N12O20PS3. The first kappa shape index (κ1) is 84.1. The Morgan fingerprint density at radius 2 is 1.31 bits per heavy atom. The number of alkyl halides is 6. The zero-order valence-corrected chi connectivity index (χ0v) is 57.0. The number of pyridine rings is 1. The number of hydrogen-bond acceptors (Lipinski definition) is 24. The van der Waals surface area contributed by atoms with Crippen LogP contribution in [-0.4, -0.2) is 182 Å². The largest absolute Gasteiger partial charge is 0.778 e. The number of nitrogens with zero attached hydrogens (tertiary/aromatic N) is 7. The number of rotatable bonds is 21. The molecular weight excluding hydrogens is 1440 g/mol. The van der Waals surface area contributed by atoms with E-state index in [1.54, 1.807) is 9.44 Å². The van der Waals surface area contributed by atoms with Crippen molar-refractivity contribution in [1.29, 1.82) is 0 Å². The third kappa shape index (κ3) is 31.2. The Balaban J connectivity index is 0.000000450. The molecule has 0 aliphatic rings. The number of halogens is 8. The van der Waals surface area contributed by atoms with Crippen LogP contribution in [0.25, 0.3) is 0 Å². The summed E-state index contributed by atoms with van der Waals surface area (Å²) < 4.78 is 164. The van der Waals surface area contributed by atoms with E-state index in [1.165, 1.54) is 102 Å². The van der Waals surface area contributed by atoms with E-state index in [9.17, 15) is 81.4 Å². The number of nitrogens with one attached hydrogen (secondary N) is 5. The molecule has 0 fully saturated rings. The quantitative estimate of drug-likeness (QED) is 0.0167. The average Bonchev–Trinajstić information content (AvgIpc) is 0.819. The molecule has 0 saturated carbocycles. The number of carbonyl (C=O) groups excluding carboxylic acids is 4. The molecule has 2 atom stereocenters. The number of esters is 1. The molecule has 44 heteroatoms. The van der Waals surface area contributed by atoms with E-state index in [1.807, 2.05) is 5.32 Å². The summed E-state index contributed by atoms with van der Waals surface area (Å²) in [6.07, 6.45) is -5.09. The third-order valence-corrected chi connectivity index (χ3v) is 14.3. The molecule has 0 radical (unpaired) electrons. The molecule has 6 aromatic rings. The molecule has 0 spiro atoms. The van der Waals surface area contributed by atoms with E-state index < -0.39 is 123 Å². The van der Waals surface area contributed by atoms with E-state index in [4.69, 9.17) is 62.0 Å². The van der Waals surface area contributed by atoms with Crippen LogP contribution in [0.1, 0.15) is 51.0 Å². The second-order valence-electron chi connectivity index (χ2n) is 19.0. The molecule has 8 N–H and O–H groups in total. The number of benzene rings is 3. The minimum Gasteiger partial charge on any atom is -0.778 e. The van der Waals surface area contributed by atoms with Crippen LogP contribution in [0.3, 0.4) is 0 Å². The summed E-state index contributed by atoms with van der Waals surface area (Å²) in [7, 11) is -5.70. The maximum atomic E-state index is 12.7. The molecule has 0 aliphatic carbocycles. The van der Waals surface area contributed by atoms with Gasteiger partial charge in [0.15, 0.2) is 11.1 Å². The van der Waals surface area contributed by atoms with Crippen molar-refractivity contribution < 1.29 is 120 Å². The van der Waals surface area contributed by atoms with Crippen LogP contribution in [0.2, 0.25) is 10.0 Å². The number of aryl methyl sites for hydroxylation is 2. The SMILES string of the molecule is COc1cc(OC)nc(NC(=O)NS(=O)(=O)c2ncccc2C(=O)N(C)C)n1.COc1nc(C)nc(NC(=O)NS(=O)(=O)c2ccccc2CCC(F)(F)F)n1.C[C@H](OC(=O)c1cc(Oc2ccc(C(F)(F)F)cc2Cl)ccc1Cl)C(=O)O.C[S+](C)C.O=C(O)CNCP(=O)([O-])O. The van der Waals surface area contributed by atoms with Crippen molar-refractivity contribution in [3.05, 3.63) is 123 Å². The molecule has 3 aromatic heterocycles. The molecule has 0 bridgehead atoms. The number of carbonyl (C=O) groups is 6. The molecule has 97 heavy (non-hydrogen) atoms. The summed E-state index contributed by atoms with van der Waals surface area (Å²) in [6.45, 7) is 2.18. The fourth-order valence-electron chi connectivity index (χ4n) is 6.32. The molecule has 32 nitrogen and oxygen atoms in total. The van der Waals surface area contributed by atoms with Gasteiger partial charge in [0.25, 0.3) is 26.0 Å². The third-order valence-electron chi connectivity index (χ3n) is 10.4. The fourth-order valence-corrected chi connectivity index (χ4v) is 9.34. The summed E-state index contributed by atoms with van der Waals surface area (Å²) in [5.41, 5.74) is -1.38. The normalized spacial score (nSPS) is 12.0. The lowest BCUT2D eigenvalue weighted by Crippen LogP contribution is -2.36. The Hall–Kier alpha value is -8.96. The van der Waals surface area contributed by atoms with Crippen LogP contribution in [0.15, 0.2) is 95.0 Å². The summed E-state index contributed by atoms with van der Waals surface area (Å²) in [4.78, 5) is 110. The maximum absolute atomic E-state index is 12.7. The highest BCUT2D eigenvalue weighted by Gasteiger charge is 2.32. The number of sulfonamides is 2. The van der Waals surface area contributed by atoms with Crippen molar-refractivity contribution in [2.45, 2.75) is 55.1 Å². The predicted octanol–water partition coefficient (Wildman–Crippen LogP) is 6.39. The van der Waals surface area contributed by atoms with Gasteiger partial charge in [-0.05, 0) is 91.3 Å². The molecule has 0 saturated heterocycles. The number of aliphatic carboxylic acids is 2. The van der Waals surface area contributed by atoms with Crippen molar-refractivity contribution in [2.24, 2.45) is 0 Å². The van der Waals surface area contributed by atoms with E-state index in [0.717, 1.165) is 31.2 Å². The predicted molar refractivity (Wildman–Crippen MR) is 334 cm³/mol. The van der Waals surface area contributed by atoms with Gasteiger partial charge in [0.1, 0.15) is 24.9 Å². The summed E-state index contributed by atoms with van der Waals surface area (Å²) in [5, 5.41) is 22.1. The van der Waals surface area contributed by atoms with Gasteiger partial charge >= 0.3 is 48.3 Å². The maximum Gasteiger partial charge on any atom is 0.416 e. The number of carboxylic acid groups (broad SMARTS) is 2. The first-order chi connectivity index (χ1) is 44.8. The Morgan fingerprint density at radius 3 is 1.81 bits per heavy atom. The van der Waals surface area contributed by atoms with Crippen LogP contribution in [-0.2, 0) is 62.4 Å². The summed E-state index contributed by atoms with van der Waals surface area (Å²) >= 11 is 11.7. The van der Waals surface area contributed by atoms with Crippen LogP contribution < -0.4 is 49.2 Å². The molecule has 3 heterocycles. The standard InChI is InChI=1S/C17H11Cl2F3O5.C15H16F3N5O4S.C15H18N6O6S.C3H8NO5P.C3H9S/c1-8(15(23)24)26-16(25)11-7-10(3-4-12(11)18)27-14-5-2-9(6-13(14)19)17(20,21)22;1-9-19-12(22-14(20-9)27-2)21-13(24)23-28(25,26)11-6-4-3-5-10(11)7-8-15(16,17)18;1-21(2)13(22)9-6-5-7-16-12(9)28(24,25)20-15(23)19-14-17-10(26-3)8-11(18-14)27-4;5-3(6)1-4-2-10(7,8)9;1-4(2)3/h2-8H,1H3,(H,23,24);3-6H,7-8H2,1-2H3,(H2,19,20,21,22,23,24);5-8H,1-4H3,(H2,17,18,19,20,23);4H,1-2H2,(H,5,6)(H2,7,8,9);1-3H3/q;;;;+1/p-1/t8-;;;;/m0..../s1. The van der Waals surface area contributed by atoms with Crippen molar-refractivity contribution in [3.63, 3.8) is 0 Å². The highest BCUT2D eigenvalue weighted by molar-refractivity contribution is 7.94. The van der Waals surface area contributed by atoms with Gasteiger partial charge in [0, 0.05) is 26.7 Å². The number of anilines is 2. The van der Waals surface area contributed by atoms with Gasteiger partial charge in [-0.25, -0.2) is 42.0 Å². The molecule has 0 aliphatic heterocycles. The first-order valence-corrected chi connectivity index (χ1v) is 34.2. The van der Waals surface area contributed by atoms with Crippen LogP contribution in [0.5, 0.6) is 29.3 Å². The highest BCUT2D eigenvalue weighted by atomic mass is 35.5. The molecule has 3 aromatic carbocycles. The fraction of sp³-hybridized carbons (Fsp3) is 0.321. The number of carboxylic acids is 2. The zero-order valence-electron chi connectivity index (χ0n) is 52.1. The Bertz CT molecular complexity index is 3990. The Kier molecular flexibility index (Phi) is 33.0.